The Balaban J connectivity index is 1.36. The molecule has 0 unspecified atom stereocenters. The number of hydrogen-bond acceptors (Lipinski definition) is 8. The number of para-hydroxylation sites is 1. The van der Waals surface area contributed by atoms with E-state index in [0.29, 0.717) is 53.3 Å². The molecule has 1 amide bonds. The van der Waals surface area contributed by atoms with Crippen LogP contribution in [0.5, 0.6) is 11.5 Å². The van der Waals surface area contributed by atoms with Gasteiger partial charge in [-0.2, -0.15) is 0 Å². The molecule has 10 nitrogen and oxygen atoms in total. The van der Waals surface area contributed by atoms with Crippen LogP contribution >= 0.6 is 43.2 Å². The van der Waals surface area contributed by atoms with E-state index in [1.807, 2.05) is 61.5 Å². The summed E-state index contributed by atoms with van der Waals surface area (Å²) >= 11 is 8.41. The van der Waals surface area contributed by atoms with E-state index in [1.165, 1.54) is 23.5 Å². The first-order valence-corrected chi connectivity index (χ1v) is 17.5. The number of carbonyl (C=O) groups is 1. The molecule has 2 heterocycles. The van der Waals surface area contributed by atoms with Crippen molar-refractivity contribution in [2.75, 3.05) is 11.9 Å². The smallest absolute Gasteiger partial charge is 0.271 e. The molecule has 248 valence electrons. The number of aromatic nitrogens is 1. The van der Waals surface area contributed by atoms with Crippen LogP contribution < -0.4 is 29.7 Å². The van der Waals surface area contributed by atoms with Gasteiger partial charge in [0.25, 0.3) is 17.2 Å². The molecule has 0 aliphatic carbocycles. The Kier molecular flexibility index (Phi) is 10.2. The molecular weight excluding hydrogens is 776 g/mol. The maximum atomic E-state index is 14.2. The number of thiazole rings is 1. The lowest BCUT2D eigenvalue weighted by molar-refractivity contribution is -0.384. The van der Waals surface area contributed by atoms with E-state index < -0.39 is 11.0 Å². The fourth-order valence-electron chi connectivity index (χ4n) is 5.38. The predicted molar refractivity (Wildman–Crippen MR) is 196 cm³/mol. The van der Waals surface area contributed by atoms with Crippen LogP contribution in [0, 0.1) is 10.1 Å². The first-order chi connectivity index (χ1) is 23.6. The molecule has 4 aromatic carbocycles. The summed E-state index contributed by atoms with van der Waals surface area (Å²) in [6, 6.07) is 25.6. The number of rotatable bonds is 10. The number of nitrogens with zero attached hydrogens (tertiary/aromatic N) is 3. The number of nitrogens with one attached hydrogen (secondary N) is 1. The van der Waals surface area contributed by atoms with Crippen LogP contribution in [0.2, 0.25) is 0 Å². The van der Waals surface area contributed by atoms with E-state index in [9.17, 15) is 19.7 Å². The minimum absolute atomic E-state index is 0.00776. The van der Waals surface area contributed by atoms with E-state index in [2.05, 4.69) is 37.2 Å². The minimum Gasteiger partial charge on any atom is -0.494 e. The van der Waals surface area contributed by atoms with Gasteiger partial charge in [0.15, 0.2) is 4.80 Å². The summed E-state index contributed by atoms with van der Waals surface area (Å²) < 4.78 is 15.0. The Labute approximate surface area is 301 Å². The molecule has 5 aromatic rings. The van der Waals surface area contributed by atoms with Crippen molar-refractivity contribution in [3.05, 3.63) is 158 Å². The molecule has 1 N–H and O–H groups in total. The largest absolute Gasteiger partial charge is 0.494 e. The summed E-state index contributed by atoms with van der Waals surface area (Å²) in [7, 11) is 0. The number of allylic oxidation sites excluding steroid dienone is 1. The van der Waals surface area contributed by atoms with Crippen LogP contribution in [-0.4, -0.2) is 22.0 Å². The second kappa shape index (κ2) is 14.7. The van der Waals surface area contributed by atoms with Gasteiger partial charge >= 0.3 is 0 Å². The number of ether oxygens (including phenoxy) is 2. The SMILES string of the molecule is CCOc1ccc([C@@H]2C(C(=O)Nc3ccccc3)=C(C)N=c3s/c(=C\c4cc(Br)c(OCc5ccc([N+](=O)[O-])cc5)c(Br)c4)c(=O)n32)cc1. The number of nitro benzene ring substituents is 1. The lowest BCUT2D eigenvalue weighted by atomic mass is 9.95. The van der Waals surface area contributed by atoms with Crippen molar-refractivity contribution < 1.29 is 19.2 Å². The standard InChI is InChI=1S/C36H28Br2N4O6S/c1-3-47-27-15-11-24(12-16-27)32-31(34(43)40-25-7-5-4-6-8-25)21(2)39-36-41(32)35(44)30(49-36)19-23-17-28(37)33(29(38)18-23)48-20-22-9-13-26(14-10-22)42(45)46/h4-19,32H,3,20H2,1-2H3,(H,40,43)/b30-19-/t32-/m1/s1. The van der Waals surface area contributed by atoms with Crippen molar-refractivity contribution in [1.29, 1.82) is 0 Å². The van der Waals surface area contributed by atoms with Gasteiger partial charge in [-0.3, -0.25) is 24.3 Å². The van der Waals surface area contributed by atoms with Crippen LogP contribution in [0.15, 0.2) is 121 Å². The molecule has 1 aliphatic rings. The molecular formula is C36H28Br2N4O6S. The lowest BCUT2D eigenvalue weighted by Gasteiger charge is -2.25. The van der Waals surface area contributed by atoms with Crippen molar-refractivity contribution in [2.24, 2.45) is 4.99 Å². The van der Waals surface area contributed by atoms with E-state index in [0.717, 1.165) is 16.7 Å². The van der Waals surface area contributed by atoms with Gasteiger partial charge in [-0.05, 0) is 117 Å². The zero-order valence-corrected chi connectivity index (χ0v) is 30.2. The Morgan fingerprint density at radius 1 is 1.02 bits per heavy atom. The molecule has 0 fully saturated rings. The van der Waals surface area contributed by atoms with Crippen molar-refractivity contribution in [3.8, 4) is 11.5 Å². The summed E-state index contributed by atoms with van der Waals surface area (Å²) in [4.78, 5) is 43.7. The Morgan fingerprint density at radius 3 is 2.33 bits per heavy atom. The van der Waals surface area contributed by atoms with E-state index in [1.54, 1.807) is 41.8 Å². The highest BCUT2D eigenvalue weighted by Gasteiger charge is 2.32. The summed E-state index contributed by atoms with van der Waals surface area (Å²) in [6.45, 7) is 4.39. The molecule has 49 heavy (non-hydrogen) atoms. The Hall–Kier alpha value is -4.85. The summed E-state index contributed by atoms with van der Waals surface area (Å²) in [5.41, 5.74) is 3.47. The Bertz CT molecular complexity index is 2240. The third-order valence-corrected chi connectivity index (χ3v) is 9.81. The molecule has 0 saturated heterocycles. The topological polar surface area (TPSA) is 125 Å². The van der Waals surface area contributed by atoms with Crippen LogP contribution in [0.1, 0.15) is 36.6 Å². The Morgan fingerprint density at radius 2 is 1.69 bits per heavy atom. The molecule has 6 rings (SSSR count). The number of nitro groups is 1. The van der Waals surface area contributed by atoms with Crippen LogP contribution in [-0.2, 0) is 11.4 Å². The first-order valence-electron chi connectivity index (χ1n) is 15.1. The fourth-order valence-corrected chi connectivity index (χ4v) is 7.88. The molecule has 13 heteroatoms. The van der Waals surface area contributed by atoms with Crippen molar-refractivity contribution in [1.82, 2.24) is 4.57 Å². The number of fused-ring (bicyclic) bond motifs is 1. The third kappa shape index (κ3) is 7.43. The number of hydrogen-bond donors (Lipinski definition) is 1. The number of anilines is 1. The van der Waals surface area contributed by atoms with Crippen LogP contribution in [0.4, 0.5) is 11.4 Å². The summed E-state index contributed by atoms with van der Waals surface area (Å²) in [6.07, 6.45) is 1.78. The molecule has 0 saturated carbocycles. The normalized spacial score (nSPS) is 14.2. The molecule has 1 aliphatic heterocycles. The molecule has 0 bridgehead atoms. The van der Waals surface area contributed by atoms with Crippen LogP contribution in [0.25, 0.3) is 6.08 Å². The van der Waals surface area contributed by atoms with Crippen molar-refractivity contribution in [3.63, 3.8) is 0 Å². The monoisotopic (exact) mass is 802 g/mol. The number of halogens is 2. The first kappa shape index (κ1) is 34.0. The third-order valence-electron chi connectivity index (χ3n) is 7.65. The molecule has 1 atom stereocenters. The zero-order chi connectivity index (χ0) is 34.7. The molecule has 0 radical (unpaired) electrons. The maximum absolute atomic E-state index is 14.2. The summed E-state index contributed by atoms with van der Waals surface area (Å²) in [5, 5.41) is 13.9. The van der Waals surface area contributed by atoms with Crippen LogP contribution in [0.3, 0.4) is 0 Å². The van der Waals surface area contributed by atoms with Gasteiger partial charge in [-0.1, -0.05) is 41.7 Å². The highest BCUT2D eigenvalue weighted by atomic mass is 79.9. The average Bonchev–Trinajstić information content (AvgIpc) is 3.38. The second-order valence-corrected chi connectivity index (χ2v) is 13.6. The number of benzene rings is 4. The summed E-state index contributed by atoms with van der Waals surface area (Å²) in [5.74, 6) is 0.876. The maximum Gasteiger partial charge on any atom is 0.271 e. The van der Waals surface area contributed by atoms with Gasteiger partial charge in [0, 0.05) is 17.8 Å². The van der Waals surface area contributed by atoms with E-state index in [4.69, 9.17) is 14.5 Å². The minimum atomic E-state index is -0.730. The lowest BCUT2D eigenvalue weighted by Crippen LogP contribution is -2.40. The molecule has 1 aromatic heterocycles. The fraction of sp³-hybridized carbons (Fsp3) is 0.139. The number of non-ortho nitro benzene ring substituents is 1. The van der Waals surface area contributed by atoms with Gasteiger partial charge < -0.3 is 14.8 Å². The van der Waals surface area contributed by atoms with E-state index >= 15 is 0 Å². The van der Waals surface area contributed by atoms with Gasteiger partial charge in [0.05, 0.1) is 42.3 Å². The van der Waals surface area contributed by atoms with E-state index in [-0.39, 0.29) is 23.8 Å². The molecule has 0 spiro atoms. The highest BCUT2D eigenvalue weighted by molar-refractivity contribution is 9.11. The second-order valence-electron chi connectivity index (χ2n) is 10.9. The van der Waals surface area contributed by atoms with Gasteiger partial charge in [-0.25, -0.2) is 4.99 Å². The van der Waals surface area contributed by atoms with Gasteiger partial charge in [-0.15, -0.1) is 0 Å². The highest BCUT2D eigenvalue weighted by Crippen LogP contribution is 2.36. The van der Waals surface area contributed by atoms with Gasteiger partial charge in [0.2, 0.25) is 0 Å². The zero-order valence-electron chi connectivity index (χ0n) is 26.2. The van der Waals surface area contributed by atoms with Gasteiger partial charge in [0.1, 0.15) is 18.1 Å². The van der Waals surface area contributed by atoms with Crippen molar-refractivity contribution >= 4 is 66.6 Å². The number of carbonyl (C=O) groups excluding carboxylic acids is 1. The predicted octanol–water partition coefficient (Wildman–Crippen LogP) is 7.28. The number of amides is 1. The average molecular weight is 805 g/mol. The quantitative estimate of drug-likeness (QED) is 0.117. The van der Waals surface area contributed by atoms with Crippen molar-refractivity contribution in [2.45, 2.75) is 26.5 Å².